The molecule has 1 atom stereocenters. The Labute approximate surface area is 89.7 Å². The van der Waals surface area contributed by atoms with Gasteiger partial charge in [-0.05, 0) is 19.5 Å². The minimum atomic E-state index is -1.43. The molecule has 5 heteroatoms. The Morgan fingerprint density at radius 1 is 1.53 bits per heavy atom. The lowest BCUT2D eigenvalue weighted by Crippen LogP contribution is -2.36. The molecule has 0 saturated carbocycles. The highest BCUT2D eigenvalue weighted by molar-refractivity contribution is 6.58. The van der Waals surface area contributed by atoms with Gasteiger partial charge in [0.25, 0.3) is 0 Å². The van der Waals surface area contributed by atoms with Gasteiger partial charge in [0.15, 0.2) is 0 Å². The molecule has 1 aromatic heterocycles. The standard InChI is InChI=1S/C10H15BN2O2/c1-7-9-5-8(11(14)15)6-12-10(9)3-4-13(7)2/h5-7,14-15H,3-4H2,1-2H3/t7-/m1/s1. The number of fused-ring (bicyclic) bond motifs is 1. The third-order valence-corrected chi connectivity index (χ3v) is 3.14. The van der Waals surface area contributed by atoms with Crippen LogP contribution in [0, 0.1) is 0 Å². The highest BCUT2D eigenvalue weighted by Gasteiger charge is 2.23. The summed E-state index contributed by atoms with van der Waals surface area (Å²) in [5.74, 6) is 0. The summed E-state index contributed by atoms with van der Waals surface area (Å²) in [5.41, 5.74) is 2.65. The molecule has 2 N–H and O–H groups in total. The summed E-state index contributed by atoms with van der Waals surface area (Å²) >= 11 is 0. The highest BCUT2D eigenvalue weighted by Crippen LogP contribution is 2.25. The van der Waals surface area contributed by atoms with E-state index in [0.29, 0.717) is 11.5 Å². The van der Waals surface area contributed by atoms with Crippen LogP contribution in [0.2, 0.25) is 0 Å². The number of nitrogens with zero attached hydrogens (tertiary/aromatic N) is 2. The van der Waals surface area contributed by atoms with Crippen LogP contribution in [0.25, 0.3) is 0 Å². The Bertz CT molecular complexity index is 370. The van der Waals surface area contributed by atoms with Crippen molar-refractivity contribution in [1.29, 1.82) is 0 Å². The lowest BCUT2D eigenvalue weighted by molar-refractivity contribution is 0.245. The van der Waals surface area contributed by atoms with Gasteiger partial charge in [0.1, 0.15) is 0 Å². The first-order valence-corrected chi connectivity index (χ1v) is 5.14. The Morgan fingerprint density at radius 3 is 2.93 bits per heavy atom. The van der Waals surface area contributed by atoms with Crippen LogP contribution in [0.15, 0.2) is 12.3 Å². The molecular weight excluding hydrogens is 191 g/mol. The number of pyridine rings is 1. The van der Waals surface area contributed by atoms with Gasteiger partial charge >= 0.3 is 7.12 Å². The minimum absolute atomic E-state index is 0.292. The monoisotopic (exact) mass is 206 g/mol. The minimum Gasteiger partial charge on any atom is -0.423 e. The summed E-state index contributed by atoms with van der Waals surface area (Å²) in [7, 11) is 0.637. The molecule has 2 rings (SSSR count). The molecule has 0 unspecified atom stereocenters. The van der Waals surface area contributed by atoms with Gasteiger partial charge in [-0.2, -0.15) is 0 Å². The molecule has 80 valence electrons. The summed E-state index contributed by atoms with van der Waals surface area (Å²) in [6.45, 7) is 3.11. The van der Waals surface area contributed by atoms with E-state index < -0.39 is 7.12 Å². The SMILES string of the molecule is C[C@@H]1c2cc(B(O)O)cnc2CCN1C. The smallest absolute Gasteiger partial charge is 0.423 e. The van der Waals surface area contributed by atoms with E-state index in [-0.39, 0.29) is 0 Å². The lowest BCUT2D eigenvalue weighted by Gasteiger charge is -2.31. The van der Waals surface area contributed by atoms with Crippen molar-refractivity contribution in [2.45, 2.75) is 19.4 Å². The fourth-order valence-corrected chi connectivity index (χ4v) is 1.95. The van der Waals surface area contributed by atoms with Gasteiger partial charge in [0.05, 0.1) is 0 Å². The van der Waals surface area contributed by atoms with Crippen LogP contribution in [-0.2, 0) is 6.42 Å². The van der Waals surface area contributed by atoms with Crippen LogP contribution in [0.4, 0.5) is 0 Å². The zero-order chi connectivity index (χ0) is 11.0. The molecule has 4 nitrogen and oxygen atoms in total. The van der Waals surface area contributed by atoms with Crippen LogP contribution in [-0.4, -0.2) is 40.6 Å². The predicted octanol–water partition coefficient (Wildman–Crippen LogP) is -0.690. The van der Waals surface area contributed by atoms with Gasteiger partial charge in [0.2, 0.25) is 0 Å². The van der Waals surface area contributed by atoms with Crippen molar-refractivity contribution in [3.63, 3.8) is 0 Å². The largest absolute Gasteiger partial charge is 0.490 e. The summed E-state index contributed by atoms with van der Waals surface area (Å²) < 4.78 is 0. The van der Waals surface area contributed by atoms with Crippen LogP contribution >= 0.6 is 0 Å². The third kappa shape index (κ3) is 1.90. The maximum Gasteiger partial charge on any atom is 0.490 e. The number of likely N-dealkylation sites (N-methyl/N-ethyl adjacent to an activating group) is 1. The van der Waals surface area contributed by atoms with Crippen LogP contribution in [0.5, 0.6) is 0 Å². The van der Waals surface area contributed by atoms with E-state index in [9.17, 15) is 0 Å². The van der Waals surface area contributed by atoms with Crippen molar-refractivity contribution >= 4 is 12.6 Å². The molecule has 1 aliphatic heterocycles. The zero-order valence-corrected chi connectivity index (χ0v) is 9.01. The number of hydrogen-bond donors (Lipinski definition) is 2. The molecule has 0 radical (unpaired) electrons. The third-order valence-electron chi connectivity index (χ3n) is 3.14. The molecule has 0 bridgehead atoms. The van der Waals surface area contributed by atoms with E-state index >= 15 is 0 Å². The van der Waals surface area contributed by atoms with Gasteiger partial charge in [-0.25, -0.2) is 0 Å². The molecule has 1 aromatic rings. The van der Waals surface area contributed by atoms with Gasteiger partial charge in [-0.1, -0.05) is 6.07 Å². The number of hydrogen-bond acceptors (Lipinski definition) is 4. The highest BCUT2D eigenvalue weighted by atomic mass is 16.4. The maximum atomic E-state index is 9.08. The van der Waals surface area contributed by atoms with E-state index in [1.165, 1.54) is 0 Å². The molecule has 1 aliphatic rings. The molecule has 0 spiro atoms. The summed E-state index contributed by atoms with van der Waals surface area (Å²) in [4.78, 5) is 6.51. The molecule has 0 saturated heterocycles. The Balaban J connectivity index is 2.41. The molecular formula is C10H15BN2O2. The topological polar surface area (TPSA) is 56.6 Å². The zero-order valence-electron chi connectivity index (χ0n) is 9.01. The lowest BCUT2D eigenvalue weighted by atomic mass is 9.79. The molecule has 0 aliphatic carbocycles. The van der Waals surface area contributed by atoms with Crippen molar-refractivity contribution in [3.8, 4) is 0 Å². The van der Waals surface area contributed by atoms with Gasteiger partial charge in [-0.3, -0.25) is 9.88 Å². The Kier molecular flexibility index (Phi) is 2.77. The fraction of sp³-hybridized carbons (Fsp3) is 0.500. The van der Waals surface area contributed by atoms with E-state index in [2.05, 4.69) is 23.9 Å². The average Bonchev–Trinajstić information content (AvgIpc) is 2.23. The van der Waals surface area contributed by atoms with E-state index in [1.54, 1.807) is 6.20 Å². The second-order valence-electron chi connectivity index (χ2n) is 4.08. The van der Waals surface area contributed by atoms with Crippen LogP contribution in [0.3, 0.4) is 0 Å². The maximum absolute atomic E-state index is 9.08. The summed E-state index contributed by atoms with van der Waals surface area (Å²) in [6, 6.07) is 2.13. The van der Waals surface area contributed by atoms with Crippen molar-refractivity contribution in [3.05, 3.63) is 23.5 Å². The van der Waals surface area contributed by atoms with Crippen molar-refractivity contribution in [2.75, 3.05) is 13.6 Å². The molecule has 0 fully saturated rings. The summed E-state index contributed by atoms with van der Waals surface area (Å²) in [5, 5.41) is 18.2. The quantitative estimate of drug-likeness (QED) is 0.597. The van der Waals surface area contributed by atoms with Crippen molar-refractivity contribution in [1.82, 2.24) is 9.88 Å². The molecule has 0 aromatic carbocycles. The van der Waals surface area contributed by atoms with E-state index in [4.69, 9.17) is 10.0 Å². The Hall–Kier alpha value is -0.905. The number of rotatable bonds is 1. The van der Waals surface area contributed by atoms with Gasteiger partial charge < -0.3 is 10.0 Å². The van der Waals surface area contributed by atoms with Crippen LogP contribution in [0.1, 0.15) is 24.2 Å². The first-order valence-electron chi connectivity index (χ1n) is 5.14. The number of aromatic nitrogens is 1. The predicted molar refractivity (Wildman–Crippen MR) is 58.8 cm³/mol. The van der Waals surface area contributed by atoms with Crippen molar-refractivity contribution < 1.29 is 10.0 Å². The van der Waals surface area contributed by atoms with Crippen molar-refractivity contribution in [2.24, 2.45) is 0 Å². The molecule has 15 heavy (non-hydrogen) atoms. The molecule has 0 amide bonds. The van der Waals surface area contributed by atoms with E-state index in [1.807, 2.05) is 6.07 Å². The second-order valence-corrected chi connectivity index (χ2v) is 4.08. The first-order chi connectivity index (χ1) is 7.09. The molecule has 2 heterocycles. The van der Waals surface area contributed by atoms with E-state index in [0.717, 1.165) is 24.2 Å². The Morgan fingerprint density at radius 2 is 2.27 bits per heavy atom. The first kappa shape index (κ1) is 10.6. The second kappa shape index (κ2) is 3.92. The summed E-state index contributed by atoms with van der Waals surface area (Å²) in [6.07, 6.45) is 2.47. The van der Waals surface area contributed by atoms with Gasteiger partial charge in [-0.15, -0.1) is 0 Å². The van der Waals surface area contributed by atoms with Crippen LogP contribution < -0.4 is 5.46 Å². The fourth-order valence-electron chi connectivity index (χ4n) is 1.95. The average molecular weight is 206 g/mol. The van der Waals surface area contributed by atoms with Gasteiger partial charge in [0, 0.05) is 36.4 Å². The normalized spacial score (nSPS) is 21.2.